The van der Waals surface area contributed by atoms with Gasteiger partial charge in [0, 0.05) is 12.6 Å². The molecule has 0 saturated carbocycles. The first kappa shape index (κ1) is 21.5. The first-order chi connectivity index (χ1) is 11.6. The highest BCUT2D eigenvalue weighted by Gasteiger charge is 2.23. The highest BCUT2D eigenvalue weighted by Crippen LogP contribution is 2.15. The Morgan fingerprint density at radius 1 is 1.40 bits per heavy atom. The summed E-state index contributed by atoms with van der Waals surface area (Å²) in [5.74, 6) is 0.661. The van der Waals surface area contributed by atoms with E-state index in [0.29, 0.717) is 18.5 Å². The minimum atomic E-state index is -0.512. The summed E-state index contributed by atoms with van der Waals surface area (Å²) in [6, 6.07) is 0.411. The van der Waals surface area contributed by atoms with Gasteiger partial charge in [-0.15, -0.1) is 0 Å². The smallest absolute Gasteiger partial charge is 0.407 e. The standard InChI is InChI=1S/C18H37N5O2/c1-7-23-10-8-9-14(23)11-20-16(19)21-12-15(13(2)3)22-17(24)25-18(4,5)6/h13-15H,7-12H2,1-6H3,(H,22,24)(H3,19,20,21). The Labute approximate surface area is 152 Å². The average molecular weight is 356 g/mol. The fourth-order valence-corrected chi connectivity index (χ4v) is 2.90. The number of hydrogen-bond acceptors (Lipinski definition) is 4. The van der Waals surface area contributed by atoms with Gasteiger partial charge in [-0.25, -0.2) is 4.79 Å². The molecular weight excluding hydrogens is 318 g/mol. The van der Waals surface area contributed by atoms with Crippen molar-refractivity contribution in [1.29, 1.82) is 0 Å². The number of carbonyl (C=O) groups excluding carboxylic acids is 1. The molecule has 1 aliphatic heterocycles. The molecule has 0 aromatic rings. The zero-order valence-electron chi connectivity index (χ0n) is 16.8. The molecule has 1 rings (SSSR count). The number of alkyl carbamates (subject to hydrolysis) is 1. The predicted octanol–water partition coefficient (Wildman–Crippen LogP) is 1.92. The van der Waals surface area contributed by atoms with Crippen molar-refractivity contribution in [2.24, 2.45) is 16.6 Å². The van der Waals surface area contributed by atoms with E-state index in [0.717, 1.165) is 19.6 Å². The maximum absolute atomic E-state index is 12.0. The third-order valence-electron chi connectivity index (χ3n) is 4.39. The first-order valence-electron chi connectivity index (χ1n) is 9.39. The largest absolute Gasteiger partial charge is 0.444 e. The molecule has 0 aromatic heterocycles. The van der Waals surface area contributed by atoms with Crippen LogP contribution in [0.5, 0.6) is 0 Å². The first-order valence-corrected chi connectivity index (χ1v) is 9.39. The van der Waals surface area contributed by atoms with E-state index in [1.165, 1.54) is 12.8 Å². The summed E-state index contributed by atoms with van der Waals surface area (Å²) in [5, 5.41) is 6.10. The van der Waals surface area contributed by atoms with Gasteiger partial charge in [0.1, 0.15) is 5.60 Å². The Bertz CT molecular complexity index is 445. The second-order valence-electron chi connectivity index (χ2n) is 8.03. The molecule has 1 saturated heterocycles. The average Bonchev–Trinajstić information content (AvgIpc) is 2.94. The van der Waals surface area contributed by atoms with E-state index >= 15 is 0 Å². The Morgan fingerprint density at radius 2 is 2.08 bits per heavy atom. The third-order valence-corrected chi connectivity index (χ3v) is 4.39. The molecule has 0 bridgehead atoms. The number of ether oxygens (including phenoxy) is 1. The van der Waals surface area contributed by atoms with E-state index in [9.17, 15) is 4.79 Å². The molecule has 0 aromatic carbocycles. The molecule has 7 nitrogen and oxygen atoms in total. The van der Waals surface area contributed by atoms with E-state index < -0.39 is 11.7 Å². The van der Waals surface area contributed by atoms with Gasteiger partial charge < -0.3 is 21.1 Å². The zero-order chi connectivity index (χ0) is 19.0. The lowest BCUT2D eigenvalue weighted by molar-refractivity contribution is 0.0493. The van der Waals surface area contributed by atoms with Crippen molar-refractivity contribution in [2.45, 2.75) is 72.1 Å². The molecule has 0 spiro atoms. The highest BCUT2D eigenvalue weighted by atomic mass is 16.6. The van der Waals surface area contributed by atoms with Gasteiger partial charge in [-0.05, 0) is 52.6 Å². The fourth-order valence-electron chi connectivity index (χ4n) is 2.90. The molecular formula is C18H37N5O2. The number of hydrogen-bond donors (Lipinski definition) is 3. The molecule has 146 valence electrons. The van der Waals surface area contributed by atoms with Gasteiger partial charge >= 0.3 is 6.09 Å². The van der Waals surface area contributed by atoms with Crippen molar-refractivity contribution >= 4 is 12.1 Å². The number of rotatable bonds is 7. The second-order valence-corrected chi connectivity index (χ2v) is 8.03. The SMILES string of the molecule is CCN1CCCC1CNC(N)=NCC(NC(=O)OC(C)(C)C)C(C)C. The van der Waals surface area contributed by atoms with Crippen LogP contribution in [0.1, 0.15) is 54.4 Å². The number of likely N-dealkylation sites (tertiary alicyclic amines) is 1. The minimum absolute atomic E-state index is 0.117. The van der Waals surface area contributed by atoms with Gasteiger partial charge in [0.15, 0.2) is 5.96 Å². The number of nitrogens with two attached hydrogens (primary N) is 1. The van der Waals surface area contributed by atoms with Crippen LogP contribution in [0.25, 0.3) is 0 Å². The molecule has 4 N–H and O–H groups in total. The molecule has 1 fully saturated rings. The molecule has 7 heteroatoms. The number of nitrogens with zero attached hydrogens (tertiary/aromatic N) is 2. The van der Waals surface area contributed by atoms with Crippen molar-refractivity contribution in [3.63, 3.8) is 0 Å². The molecule has 2 atom stereocenters. The topological polar surface area (TPSA) is 92.0 Å². The summed E-state index contributed by atoms with van der Waals surface area (Å²) >= 11 is 0. The number of likely N-dealkylation sites (N-methyl/N-ethyl adjacent to an activating group) is 1. The normalized spacial score (nSPS) is 20.6. The van der Waals surface area contributed by atoms with E-state index in [-0.39, 0.29) is 12.0 Å². The summed E-state index contributed by atoms with van der Waals surface area (Å²) in [6.45, 7) is 15.3. The zero-order valence-corrected chi connectivity index (χ0v) is 16.8. The molecule has 1 heterocycles. The summed E-state index contributed by atoms with van der Waals surface area (Å²) in [4.78, 5) is 18.8. The molecule has 1 amide bonds. The van der Waals surface area contributed by atoms with Crippen LogP contribution in [0.15, 0.2) is 4.99 Å². The van der Waals surface area contributed by atoms with Gasteiger partial charge in [-0.3, -0.25) is 9.89 Å². The predicted molar refractivity (Wildman–Crippen MR) is 103 cm³/mol. The Hall–Kier alpha value is -1.50. The van der Waals surface area contributed by atoms with Gasteiger partial charge in [-0.2, -0.15) is 0 Å². The van der Waals surface area contributed by atoms with E-state index in [1.807, 2.05) is 34.6 Å². The molecule has 0 aliphatic carbocycles. The van der Waals surface area contributed by atoms with Crippen LogP contribution in [0.2, 0.25) is 0 Å². The van der Waals surface area contributed by atoms with Crippen molar-refractivity contribution in [2.75, 3.05) is 26.2 Å². The third kappa shape index (κ3) is 8.43. The monoisotopic (exact) mass is 355 g/mol. The Morgan fingerprint density at radius 3 is 2.64 bits per heavy atom. The Balaban J connectivity index is 2.46. The van der Waals surface area contributed by atoms with Gasteiger partial charge in [0.05, 0.1) is 12.6 Å². The van der Waals surface area contributed by atoms with E-state index in [2.05, 4.69) is 27.4 Å². The number of carbonyl (C=O) groups is 1. The van der Waals surface area contributed by atoms with Gasteiger partial charge in [0.25, 0.3) is 0 Å². The number of nitrogens with one attached hydrogen (secondary N) is 2. The van der Waals surface area contributed by atoms with Gasteiger partial charge in [-0.1, -0.05) is 20.8 Å². The molecule has 1 aliphatic rings. The quantitative estimate of drug-likeness (QED) is 0.479. The summed E-state index contributed by atoms with van der Waals surface area (Å²) in [7, 11) is 0. The molecule has 2 unspecified atom stereocenters. The van der Waals surface area contributed by atoms with Crippen molar-refractivity contribution in [1.82, 2.24) is 15.5 Å². The van der Waals surface area contributed by atoms with Gasteiger partial charge in [0.2, 0.25) is 0 Å². The van der Waals surface area contributed by atoms with Crippen LogP contribution in [0.4, 0.5) is 4.79 Å². The van der Waals surface area contributed by atoms with Crippen LogP contribution in [0, 0.1) is 5.92 Å². The minimum Gasteiger partial charge on any atom is -0.444 e. The number of guanidine groups is 1. The Kier molecular flexibility index (Phi) is 8.48. The number of aliphatic imine (C=N–C) groups is 1. The summed E-state index contributed by atoms with van der Waals surface area (Å²) in [6.07, 6.45) is 2.02. The lowest BCUT2D eigenvalue weighted by Crippen LogP contribution is -2.45. The van der Waals surface area contributed by atoms with Crippen LogP contribution < -0.4 is 16.4 Å². The molecule has 0 radical (unpaired) electrons. The summed E-state index contributed by atoms with van der Waals surface area (Å²) < 4.78 is 5.31. The molecule has 25 heavy (non-hydrogen) atoms. The van der Waals surface area contributed by atoms with Crippen molar-refractivity contribution < 1.29 is 9.53 Å². The van der Waals surface area contributed by atoms with E-state index in [4.69, 9.17) is 10.5 Å². The maximum Gasteiger partial charge on any atom is 0.407 e. The van der Waals surface area contributed by atoms with Crippen LogP contribution >= 0.6 is 0 Å². The van der Waals surface area contributed by atoms with Crippen molar-refractivity contribution in [3.05, 3.63) is 0 Å². The van der Waals surface area contributed by atoms with Crippen LogP contribution in [-0.4, -0.2) is 60.8 Å². The van der Waals surface area contributed by atoms with Crippen LogP contribution in [0.3, 0.4) is 0 Å². The maximum atomic E-state index is 12.0. The number of amides is 1. The van der Waals surface area contributed by atoms with Crippen molar-refractivity contribution in [3.8, 4) is 0 Å². The lowest BCUT2D eigenvalue weighted by Gasteiger charge is -2.25. The fraction of sp³-hybridized carbons (Fsp3) is 0.889. The summed E-state index contributed by atoms with van der Waals surface area (Å²) in [5.41, 5.74) is 5.48. The lowest BCUT2D eigenvalue weighted by atomic mass is 10.1. The highest BCUT2D eigenvalue weighted by molar-refractivity contribution is 5.78. The van der Waals surface area contributed by atoms with E-state index in [1.54, 1.807) is 0 Å². The van der Waals surface area contributed by atoms with Crippen LogP contribution in [-0.2, 0) is 4.74 Å². The second kappa shape index (κ2) is 9.85.